The van der Waals surface area contributed by atoms with Crippen LogP contribution in [0, 0.1) is 0 Å². The van der Waals surface area contributed by atoms with Crippen molar-refractivity contribution in [3.63, 3.8) is 0 Å². The quantitative estimate of drug-likeness (QED) is 0.679. The van der Waals surface area contributed by atoms with Crippen LogP contribution in [0.1, 0.15) is 10.4 Å². The normalized spacial score (nSPS) is 9.50. The second-order valence-electron chi connectivity index (χ2n) is 2.19. The Balaban J connectivity index is 2.87. The molecule has 0 atom stereocenters. The zero-order chi connectivity index (χ0) is 8.97. The minimum atomic E-state index is -0.247. The Morgan fingerprint density at radius 3 is 2.75 bits per heavy atom. The van der Waals surface area contributed by atoms with Gasteiger partial charge in [-0.25, -0.2) is 6.44 Å². The monoisotopic (exact) mass is 179 g/mol. The van der Waals surface area contributed by atoms with Gasteiger partial charge in [0.25, 0.3) is 0 Å². The molecule has 61 valence electrons. The Labute approximate surface area is 77.3 Å². The molecule has 0 saturated heterocycles. The largest absolute Gasteiger partial charge is 0.598 e. The molecule has 1 rings (SSSR count). The Morgan fingerprint density at radius 2 is 2.17 bits per heavy atom. The summed E-state index contributed by atoms with van der Waals surface area (Å²) in [6.45, 7) is 0. The molecule has 0 aliphatic rings. The fourth-order valence-corrected chi connectivity index (χ4v) is 1.05. The molecular weight excluding hydrogens is 172 g/mol. The van der Waals surface area contributed by atoms with Crippen molar-refractivity contribution in [2.24, 2.45) is 0 Å². The van der Waals surface area contributed by atoms with Gasteiger partial charge in [-0.3, -0.25) is 4.79 Å². The van der Waals surface area contributed by atoms with E-state index in [0.717, 1.165) is 0 Å². The van der Waals surface area contributed by atoms with Gasteiger partial charge in [0, 0.05) is 0 Å². The van der Waals surface area contributed by atoms with Crippen LogP contribution in [0.25, 0.3) is 0 Å². The average Bonchev–Trinajstić information content (AvgIpc) is 2.05. The van der Waals surface area contributed by atoms with Gasteiger partial charge < -0.3 is 13.2 Å². The van der Waals surface area contributed by atoms with Gasteiger partial charge in [0.15, 0.2) is 0 Å². The van der Waals surface area contributed by atoms with Gasteiger partial charge in [0.2, 0.25) is 5.91 Å². The van der Waals surface area contributed by atoms with E-state index in [1.165, 1.54) is 0 Å². The highest BCUT2D eigenvalue weighted by Crippen LogP contribution is 2.13. The van der Waals surface area contributed by atoms with Crippen molar-refractivity contribution in [3.05, 3.63) is 34.9 Å². The maximum atomic E-state index is 11.2. The summed E-state index contributed by atoms with van der Waals surface area (Å²) in [5.74, 6) is -0.247. The summed E-state index contributed by atoms with van der Waals surface area (Å²) in [6, 6.07) is 6.82. The molecule has 1 amide bonds. The third-order valence-electron chi connectivity index (χ3n) is 1.38. The van der Waals surface area contributed by atoms with E-state index in [4.69, 9.17) is 19.4 Å². The summed E-state index contributed by atoms with van der Waals surface area (Å²) in [5, 5.41) is 2.89. The molecule has 0 fully saturated rings. The molecule has 0 spiro atoms. The Kier molecular flexibility index (Phi) is 3.17. The smallest absolute Gasteiger partial charge is 0.249 e. The van der Waals surface area contributed by atoms with Gasteiger partial charge in [-0.05, 0) is 12.1 Å². The lowest BCUT2D eigenvalue weighted by Gasteiger charge is -2.08. The summed E-state index contributed by atoms with van der Waals surface area (Å²) in [5.41, 5.74) is 0.449. The number of hydrogen-bond acceptors (Lipinski definition) is 1. The first-order valence-electron chi connectivity index (χ1n) is 3.48. The van der Waals surface area contributed by atoms with Crippen LogP contribution in [0.4, 0.5) is 0 Å². The predicted octanol–water partition coefficient (Wildman–Crippen LogP) is 1.20. The van der Waals surface area contributed by atoms with E-state index in [-0.39, 0.29) is 12.4 Å². The molecule has 4 heteroatoms. The summed E-state index contributed by atoms with van der Waals surface area (Å²) >= 11 is 5.75. The van der Waals surface area contributed by atoms with Crippen LogP contribution in [0.2, 0.25) is 5.02 Å². The van der Waals surface area contributed by atoms with E-state index in [1.54, 1.807) is 24.3 Å². The van der Waals surface area contributed by atoms with Crippen molar-refractivity contribution in [2.75, 3.05) is 6.44 Å². The molecule has 12 heavy (non-hydrogen) atoms. The second kappa shape index (κ2) is 4.17. The fraction of sp³-hybridized carbons (Fsp3) is 0.125. The van der Waals surface area contributed by atoms with Crippen molar-refractivity contribution in [2.45, 2.75) is 0 Å². The summed E-state index contributed by atoms with van der Waals surface area (Å²) in [7, 11) is 5.14. The third kappa shape index (κ3) is 2.01. The van der Waals surface area contributed by atoms with E-state index >= 15 is 0 Å². The number of halogens is 1. The minimum Gasteiger partial charge on any atom is -0.598 e. The van der Waals surface area contributed by atoms with Crippen LogP contribution >= 0.6 is 11.6 Å². The first-order valence-corrected chi connectivity index (χ1v) is 3.86. The SMILES string of the molecule is [B-]CNC(=O)c1ccccc1Cl. The van der Waals surface area contributed by atoms with E-state index in [1.807, 2.05) is 0 Å². The lowest BCUT2D eigenvalue weighted by Crippen LogP contribution is -2.24. The molecule has 2 nitrogen and oxygen atoms in total. The van der Waals surface area contributed by atoms with Gasteiger partial charge in [-0.15, -0.1) is 0 Å². The zero-order valence-corrected chi connectivity index (χ0v) is 7.14. The van der Waals surface area contributed by atoms with E-state index in [9.17, 15) is 4.79 Å². The number of carbonyl (C=O) groups is 1. The van der Waals surface area contributed by atoms with Crippen LogP contribution in [-0.2, 0) is 0 Å². The first kappa shape index (κ1) is 9.14. The molecule has 3 radical (unpaired) electrons. The number of hydrogen-bond donors (Lipinski definition) is 1. The summed E-state index contributed by atoms with van der Waals surface area (Å²) in [4.78, 5) is 11.2. The van der Waals surface area contributed by atoms with E-state index in [2.05, 4.69) is 5.32 Å². The highest BCUT2D eigenvalue weighted by atomic mass is 35.5. The Morgan fingerprint density at radius 1 is 1.50 bits per heavy atom. The minimum absolute atomic E-state index is 0.115. The maximum absolute atomic E-state index is 11.2. The van der Waals surface area contributed by atoms with Gasteiger partial charge in [0.05, 0.1) is 10.6 Å². The van der Waals surface area contributed by atoms with Gasteiger partial charge >= 0.3 is 0 Å². The van der Waals surface area contributed by atoms with E-state index < -0.39 is 0 Å². The molecule has 0 bridgehead atoms. The topological polar surface area (TPSA) is 29.1 Å². The zero-order valence-electron chi connectivity index (χ0n) is 6.38. The predicted molar refractivity (Wildman–Crippen MR) is 49.5 cm³/mol. The summed E-state index contributed by atoms with van der Waals surface area (Å²) < 4.78 is 0. The molecule has 1 aromatic rings. The van der Waals surface area contributed by atoms with Crippen molar-refractivity contribution in [1.82, 2.24) is 5.32 Å². The summed E-state index contributed by atoms with van der Waals surface area (Å²) in [6.07, 6.45) is 0.115. The Hall–Kier alpha value is -0.955. The number of rotatable bonds is 2. The standard InChI is InChI=1S/C8H7BClNO/c9-5-11-8(12)6-3-1-2-4-7(6)10/h1-4H,5H2,(H,11,12)/q-1. The number of carbonyl (C=O) groups excluding carboxylic acids is 1. The van der Waals surface area contributed by atoms with Gasteiger partial charge in [-0.2, -0.15) is 0 Å². The maximum Gasteiger partial charge on any atom is 0.249 e. The average molecular weight is 179 g/mol. The molecule has 0 unspecified atom stereocenters. The van der Waals surface area contributed by atoms with Crippen LogP contribution in [0.3, 0.4) is 0 Å². The molecule has 0 aliphatic heterocycles. The molecular formula is C8H7BClNO-. The lowest BCUT2D eigenvalue weighted by atomic mass is 10.1. The fourth-order valence-electron chi connectivity index (χ4n) is 0.833. The highest BCUT2D eigenvalue weighted by molar-refractivity contribution is 6.33. The number of nitrogens with one attached hydrogen (secondary N) is 1. The van der Waals surface area contributed by atoms with Crippen LogP contribution in [0.5, 0.6) is 0 Å². The first-order chi connectivity index (χ1) is 5.75. The molecule has 1 N–H and O–H groups in total. The van der Waals surface area contributed by atoms with E-state index in [0.29, 0.717) is 10.6 Å². The Bertz CT molecular complexity index is 290. The lowest BCUT2D eigenvalue weighted by molar-refractivity contribution is 0.0960. The molecule has 0 saturated carbocycles. The molecule has 1 aromatic carbocycles. The van der Waals surface area contributed by atoms with Gasteiger partial charge in [-0.1, -0.05) is 23.7 Å². The third-order valence-corrected chi connectivity index (χ3v) is 1.71. The van der Waals surface area contributed by atoms with Crippen LogP contribution in [0.15, 0.2) is 24.3 Å². The molecule has 0 heterocycles. The van der Waals surface area contributed by atoms with Crippen molar-refractivity contribution >= 4 is 25.4 Å². The van der Waals surface area contributed by atoms with Crippen LogP contribution < -0.4 is 5.32 Å². The second-order valence-corrected chi connectivity index (χ2v) is 2.60. The van der Waals surface area contributed by atoms with Crippen molar-refractivity contribution in [1.29, 1.82) is 0 Å². The van der Waals surface area contributed by atoms with Crippen molar-refractivity contribution < 1.29 is 4.79 Å². The molecule has 0 aromatic heterocycles. The van der Waals surface area contributed by atoms with Gasteiger partial charge in [0.1, 0.15) is 0 Å². The number of amides is 1. The number of benzene rings is 1. The highest BCUT2D eigenvalue weighted by Gasteiger charge is 2.05. The van der Waals surface area contributed by atoms with Crippen LogP contribution in [-0.4, -0.2) is 20.2 Å². The molecule has 0 aliphatic carbocycles. The van der Waals surface area contributed by atoms with Crippen molar-refractivity contribution in [3.8, 4) is 0 Å².